The van der Waals surface area contributed by atoms with Crippen LogP contribution in [-0.4, -0.2) is 9.61 Å². The molecule has 0 aliphatic rings. The van der Waals surface area contributed by atoms with Crippen LogP contribution < -0.4 is 11.3 Å². The van der Waals surface area contributed by atoms with Crippen molar-refractivity contribution in [2.24, 2.45) is 11.8 Å². The summed E-state index contributed by atoms with van der Waals surface area (Å²) in [5.41, 5.74) is 5.16. The highest BCUT2D eigenvalue weighted by Gasteiger charge is 2.15. The zero-order valence-corrected chi connectivity index (χ0v) is 9.72. The lowest BCUT2D eigenvalue weighted by atomic mass is 9.98. The van der Waals surface area contributed by atoms with Crippen LogP contribution >= 0.6 is 0 Å². The first-order valence-electron chi connectivity index (χ1n) is 5.60. The molecule has 86 valence electrons. The Labute approximate surface area is 95.4 Å². The summed E-state index contributed by atoms with van der Waals surface area (Å²) in [6.45, 7) is 4.38. The lowest BCUT2D eigenvalue weighted by molar-refractivity contribution is 0.440. The Morgan fingerprint density at radius 2 is 2.25 bits per heavy atom. The number of nitrogens with one attached hydrogen (secondary N) is 1. The molecule has 0 saturated heterocycles. The van der Waals surface area contributed by atoms with E-state index in [1.807, 2.05) is 29.0 Å². The summed E-state index contributed by atoms with van der Waals surface area (Å²) in [5.74, 6) is 6.21. The molecular weight excluding hydrogens is 200 g/mol. The predicted octanol–water partition coefficient (Wildman–Crippen LogP) is 1.88. The first kappa shape index (κ1) is 11.1. The summed E-state index contributed by atoms with van der Waals surface area (Å²) < 4.78 is 1.88. The van der Waals surface area contributed by atoms with Gasteiger partial charge < -0.3 is 0 Å². The molecule has 0 saturated carbocycles. The second kappa shape index (κ2) is 4.63. The average molecular weight is 218 g/mol. The number of hydrazine groups is 1. The Kier molecular flexibility index (Phi) is 3.22. The van der Waals surface area contributed by atoms with Crippen molar-refractivity contribution in [2.45, 2.75) is 26.3 Å². The largest absolute Gasteiger partial charge is 0.271 e. The van der Waals surface area contributed by atoms with Gasteiger partial charge in [0.25, 0.3) is 0 Å². The van der Waals surface area contributed by atoms with Gasteiger partial charge in [-0.05, 0) is 24.5 Å². The number of pyridine rings is 1. The van der Waals surface area contributed by atoms with E-state index in [0.29, 0.717) is 5.92 Å². The highest BCUT2D eigenvalue weighted by Crippen LogP contribution is 2.24. The topological polar surface area (TPSA) is 55.3 Å². The molecule has 4 nitrogen and oxygen atoms in total. The van der Waals surface area contributed by atoms with Crippen molar-refractivity contribution in [1.29, 1.82) is 0 Å². The van der Waals surface area contributed by atoms with Crippen LogP contribution in [0.4, 0.5) is 0 Å². The van der Waals surface area contributed by atoms with Crippen molar-refractivity contribution in [2.75, 3.05) is 0 Å². The molecule has 0 spiro atoms. The minimum absolute atomic E-state index is 0.167. The fourth-order valence-electron chi connectivity index (χ4n) is 1.98. The number of aromatic nitrogens is 2. The number of hydrogen-bond donors (Lipinski definition) is 2. The molecule has 1 unspecified atom stereocenters. The number of hydrogen-bond acceptors (Lipinski definition) is 3. The molecule has 2 aromatic heterocycles. The van der Waals surface area contributed by atoms with E-state index in [0.717, 1.165) is 17.5 Å². The summed E-state index contributed by atoms with van der Waals surface area (Å²) in [4.78, 5) is 0. The van der Waals surface area contributed by atoms with E-state index in [2.05, 4.69) is 30.4 Å². The zero-order valence-electron chi connectivity index (χ0n) is 9.72. The normalized spacial score (nSPS) is 13.5. The van der Waals surface area contributed by atoms with E-state index >= 15 is 0 Å². The Morgan fingerprint density at radius 3 is 2.94 bits per heavy atom. The molecule has 0 amide bonds. The second-order valence-electron chi connectivity index (χ2n) is 4.48. The van der Waals surface area contributed by atoms with Crippen LogP contribution in [0.3, 0.4) is 0 Å². The van der Waals surface area contributed by atoms with Crippen LogP contribution in [0, 0.1) is 5.92 Å². The van der Waals surface area contributed by atoms with Gasteiger partial charge in [0.05, 0.1) is 11.7 Å². The molecule has 3 N–H and O–H groups in total. The van der Waals surface area contributed by atoms with Crippen molar-refractivity contribution in [3.8, 4) is 0 Å². The third-order valence-corrected chi connectivity index (χ3v) is 2.74. The van der Waals surface area contributed by atoms with Gasteiger partial charge in [-0.2, -0.15) is 5.10 Å². The maximum absolute atomic E-state index is 5.62. The molecule has 2 rings (SSSR count). The first-order chi connectivity index (χ1) is 7.72. The molecule has 0 bridgehead atoms. The molecule has 0 fully saturated rings. The van der Waals surface area contributed by atoms with Gasteiger partial charge in [-0.15, -0.1) is 0 Å². The third-order valence-electron chi connectivity index (χ3n) is 2.74. The maximum atomic E-state index is 5.62. The summed E-state index contributed by atoms with van der Waals surface area (Å²) in [5, 5.41) is 4.32. The number of nitrogens with zero attached hydrogens (tertiary/aromatic N) is 2. The lowest BCUT2D eigenvalue weighted by Crippen LogP contribution is -2.28. The molecule has 0 aliphatic heterocycles. The van der Waals surface area contributed by atoms with Crippen LogP contribution in [-0.2, 0) is 0 Å². The fraction of sp³-hybridized carbons (Fsp3) is 0.417. The van der Waals surface area contributed by atoms with Gasteiger partial charge in [-0.3, -0.25) is 11.3 Å². The van der Waals surface area contributed by atoms with Gasteiger partial charge in [0.1, 0.15) is 0 Å². The number of nitrogens with two attached hydrogens (primary N) is 1. The van der Waals surface area contributed by atoms with Crippen molar-refractivity contribution in [1.82, 2.24) is 15.0 Å². The Balaban J connectivity index is 2.37. The standard InChI is InChI=1S/C12H18N4/c1-9(2)7-11(15-13)10-8-14-16-6-4-3-5-12(10)16/h3-6,8-9,11,15H,7,13H2,1-2H3. The monoisotopic (exact) mass is 218 g/mol. The summed E-state index contributed by atoms with van der Waals surface area (Å²) in [6, 6.07) is 6.22. The summed E-state index contributed by atoms with van der Waals surface area (Å²) in [7, 11) is 0. The van der Waals surface area contributed by atoms with Crippen LogP contribution in [0.25, 0.3) is 5.52 Å². The van der Waals surface area contributed by atoms with Crippen LogP contribution in [0.15, 0.2) is 30.6 Å². The SMILES string of the molecule is CC(C)CC(NN)c1cnn2ccccc12. The fourth-order valence-corrected chi connectivity index (χ4v) is 1.98. The minimum Gasteiger partial charge on any atom is -0.271 e. The molecule has 0 aliphatic carbocycles. The maximum Gasteiger partial charge on any atom is 0.0709 e. The molecule has 16 heavy (non-hydrogen) atoms. The van der Waals surface area contributed by atoms with Gasteiger partial charge in [0.2, 0.25) is 0 Å². The third kappa shape index (κ3) is 2.08. The zero-order chi connectivity index (χ0) is 11.5. The smallest absolute Gasteiger partial charge is 0.0709 e. The number of fused-ring (bicyclic) bond motifs is 1. The lowest BCUT2D eigenvalue weighted by Gasteiger charge is -2.16. The van der Waals surface area contributed by atoms with Crippen molar-refractivity contribution < 1.29 is 0 Å². The molecular formula is C12H18N4. The molecule has 0 aromatic carbocycles. The predicted molar refractivity (Wildman–Crippen MR) is 64.7 cm³/mol. The number of rotatable bonds is 4. The second-order valence-corrected chi connectivity index (χ2v) is 4.48. The van der Waals surface area contributed by atoms with Crippen LogP contribution in [0.5, 0.6) is 0 Å². The molecule has 0 radical (unpaired) electrons. The van der Waals surface area contributed by atoms with Crippen molar-refractivity contribution >= 4 is 5.52 Å². The first-order valence-corrected chi connectivity index (χ1v) is 5.60. The molecule has 1 atom stereocenters. The highest BCUT2D eigenvalue weighted by atomic mass is 15.3. The van der Waals surface area contributed by atoms with E-state index < -0.39 is 0 Å². The Bertz CT molecular complexity index is 461. The summed E-state index contributed by atoms with van der Waals surface area (Å²) in [6.07, 6.45) is 4.84. The van der Waals surface area contributed by atoms with Crippen LogP contribution in [0.2, 0.25) is 0 Å². The summed E-state index contributed by atoms with van der Waals surface area (Å²) >= 11 is 0. The average Bonchev–Trinajstić information content (AvgIpc) is 2.69. The van der Waals surface area contributed by atoms with E-state index in [1.165, 1.54) is 0 Å². The van der Waals surface area contributed by atoms with Gasteiger partial charge in [-0.1, -0.05) is 19.9 Å². The Hall–Kier alpha value is -1.39. The highest BCUT2D eigenvalue weighted by molar-refractivity contribution is 5.54. The quantitative estimate of drug-likeness (QED) is 0.608. The van der Waals surface area contributed by atoms with Crippen molar-refractivity contribution in [3.05, 3.63) is 36.2 Å². The van der Waals surface area contributed by atoms with E-state index in [4.69, 9.17) is 5.84 Å². The van der Waals surface area contributed by atoms with Gasteiger partial charge in [0.15, 0.2) is 0 Å². The Morgan fingerprint density at radius 1 is 1.44 bits per heavy atom. The molecule has 2 aromatic rings. The van der Waals surface area contributed by atoms with Gasteiger partial charge in [0, 0.05) is 17.8 Å². The van der Waals surface area contributed by atoms with E-state index in [1.54, 1.807) is 0 Å². The molecule has 2 heterocycles. The van der Waals surface area contributed by atoms with Gasteiger partial charge >= 0.3 is 0 Å². The van der Waals surface area contributed by atoms with Crippen molar-refractivity contribution in [3.63, 3.8) is 0 Å². The van der Waals surface area contributed by atoms with E-state index in [9.17, 15) is 0 Å². The van der Waals surface area contributed by atoms with Crippen LogP contribution in [0.1, 0.15) is 31.9 Å². The van der Waals surface area contributed by atoms with E-state index in [-0.39, 0.29) is 6.04 Å². The van der Waals surface area contributed by atoms with Gasteiger partial charge in [-0.25, -0.2) is 4.52 Å². The minimum atomic E-state index is 0.167. The molecule has 4 heteroatoms.